The first kappa shape index (κ1) is 13.9. The van der Waals surface area contributed by atoms with Gasteiger partial charge < -0.3 is 0 Å². The fraction of sp³-hybridized carbons (Fsp3) is 0.667. The number of rotatable bonds is 7. The van der Waals surface area contributed by atoms with E-state index < -0.39 is 10.0 Å². The molecule has 1 N–H and O–H groups in total. The molecule has 0 aliphatic rings. The van der Waals surface area contributed by atoms with Gasteiger partial charge in [-0.25, -0.2) is 18.1 Å². The van der Waals surface area contributed by atoms with E-state index in [1.54, 1.807) is 6.20 Å². The Morgan fingerprint density at radius 1 is 1.62 bits per heavy atom. The molecule has 7 heteroatoms. The van der Waals surface area contributed by atoms with Gasteiger partial charge in [-0.2, -0.15) is 0 Å². The summed E-state index contributed by atoms with van der Waals surface area (Å²) >= 11 is 6.93. The predicted octanol–water partition coefficient (Wildman–Crippen LogP) is 2.14. The maximum atomic E-state index is 11.7. The van der Waals surface area contributed by atoms with E-state index in [0.29, 0.717) is 18.7 Å². The first-order chi connectivity index (χ1) is 7.59. The van der Waals surface area contributed by atoms with Crippen molar-refractivity contribution in [1.82, 2.24) is 9.71 Å². The number of aromatic nitrogens is 1. The molecule has 0 amide bonds. The van der Waals surface area contributed by atoms with Crippen LogP contribution in [0.2, 0.25) is 0 Å². The third-order valence-electron chi connectivity index (χ3n) is 2.03. The van der Waals surface area contributed by atoms with Gasteiger partial charge in [0, 0.05) is 17.5 Å². The Bertz CT molecular complexity index is 392. The number of thiazole rings is 1. The molecule has 0 aliphatic carbocycles. The average Bonchev–Trinajstić information content (AvgIpc) is 2.76. The van der Waals surface area contributed by atoms with Crippen molar-refractivity contribution in [1.29, 1.82) is 0 Å². The monoisotopic (exact) mass is 282 g/mol. The largest absolute Gasteiger partial charge is 0.248 e. The zero-order chi connectivity index (χ0) is 12.0. The van der Waals surface area contributed by atoms with E-state index in [4.69, 9.17) is 11.6 Å². The van der Waals surface area contributed by atoms with E-state index in [1.165, 1.54) is 11.3 Å². The van der Waals surface area contributed by atoms with Crippen LogP contribution in [0.3, 0.4) is 0 Å². The van der Waals surface area contributed by atoms with Gasteiger partial charge in [-0.05, 0) is 12.8 Å². The zero-order valence-electron chi connectivity index (χ0n) is 9.02. The second-order valence-electron chi connectivity index (χ2n) is 3.31. The molecule has 0 spiro atoms. The Labute approximate surface area is 105 Å². The highest BCUT2D eigenvalue weighted by Gasteiger charge is 2.19. The third kappa shape index (κ3) is 4.37. The smallest absolute Gasteiger partial charge is 0.212 e. The lowest BCUT2D eigenvalue weighted by Gasteiger charge is -2.14. The number of halogens is 1. The van der Waals surface area contributed by atoms with E-state index in [2.05, 4.69) is 9.71 Å². The number of nitrogens with zero attached hydrogens (tertiary/aromatic N) is 1. The van der Waals surface area contributed by atoms with Crippen LogP contribution in [-0.4, -0.2) is 25.0 Å². The van der Waals surface area contributed by atoms with Crippen molar-refractivity contribution in [3.05, 3.63) is 16.6 Å². The Hall–Kier alpha value is -0.170. The molecule has 1 aromatic rings. The van der Waals surface area contributed by atoms with Crippen molar-refractivity contribution in [2.45, 2.75) is 25.8 Å². The maximum absolute atomic E-state index is 11.7. The molecule has 0 aliphatic heterocycles. The molecule has 0 fully saturated rings. The average molecular weight is 283 g/mol. The van der Waals surface area contributed by atoms with E-state index in [9.17, 15) is 8.42 Å². The molecule has 0 saturated carbocycles. The summed E-state index contributed by atoms with van der Waals surface area (Å²) in [5, 5.41) is 2.64. The van der Waals surface area contributed by atoms with Crippen LogP contribution in [0.15, 0.2) is 11.6 Å². The molecule has 4 nitrogen and oxygen atoms in total. The van der Waals surface area contributed by atoms with Gasteiger partial charge >= 0.3 is 0 Å². The molecular weight excluding hydrogens is 268 g/mol. The van der Waals surface area contributed by atoms with Crippen LogP contribution in [0, 0.1) is 0 Å². The van der Waals surface area contributed by atoms with Crippen LogP contribution in [0.25, 0.3) is 0 Å². The lowest BCUT2D eigenvalue weighted by molar-refractivity contribution is 0.548. The van der Waals surface area contributed by atoms with Gasteiger partial charge in [0.25, 0.3) is 0 Å². The van der Waals surface area contributed by atoms with Gasteiger partial charge in [0.05, 0.1) is 11.8 Å². The Morgan fingerprint density at radius 2 is 2.38 bits per heavy atom. The van der Waals surface area contributed by atoms with Gasteiger partial charge in [-0.15, -0.1) is 22.9 Å². The highest BCUT2D eigenvalue weighted by Crippen LogP contribution is 2.19. The van der Waals surface area contributed by atoms with Crippen molar-refractivity contribution in [2.24, 2.45) is 0 Å². The van der Waals surface area contributed by atoms with Gasteiger partial charge in [0.15, 0.2) is 0 Å². The van der Waals surface area contributed by atoms with E-state index in [-0.39, 0.29) is 11.8 Å². The summed E-state index contributed by atoms with van der Waals surface area (Å²) in [6, 6.07) is -0.222. The van der Waals surface area contributed by atoms with Gasteiger partial charge in [0.1, 0.15) is 5.01 Å². The molecule has 1 atom stereocenters. The summed E-state index contributed by atoms with van der Waals surface area (Å²) < 4.78 is 26.0. The van der Waals surface area contributed by atoms with E-state index in [0.717, 1.165) is 5.01 Å². The fourth-order valence-corrected chi connectivity index (χ4v) is 3.73. The molecule has 0 saturated heterocycles. The van der Waals surface area contributed by atoms with Crippen molar-refractivity contribution < 1.29 is 8.42 Å². The normalized spacial score (nSPS) is 13.9. The van der Waals surface area contributed by atoms with Gasteiger partial charge in [-0.1, -0.05) is 6.92 Å². The van der Waals surface area contributed by atoms with Crippen molar-refractivity contribution in [2.75, 3.05) is 11.6 Å². The van der Waals surface area contributed by atoms with E-state index in [1.807, 2.05) is 12.3 Å². The molecule has 16 heavy (non-hydrogen) atoms. The highest BCUT2D eigenvalue weighted by atomic mass is 35.5. The first-order valence-electron chi connectivity index (χ1n) is 5.04. The second-order valence-corrected chi connectivity index (χ2v) is 6.49. The van der Waals surface area contributed by atoms with Crippen LogP contribution >= 0.6 is 22.9 Å². The van der Waals surface area contributed by atoms with Crippen molar-refractivity contribution in [3.8, 4) is 0 Å². The summed E-state index contributed by atoms with van der Waals surface area (Å²) in [7, 11) is -3.25. The van der Waals surface area contributed by atoms with Crippen molar-refractivity contribution >= 4 is 33.0 Å². The predicted molar refractivity (Wildman–Crippen MR) is 67.4 cm³/mol. The van der Waals surface area contributed by atoms with Gasteiger partial charge in [0.2, 0.25) is 10.0 Å². The molecule has 0 aromatic carbocycles. The Balaban J connectivity index is 2.63. The first-order valence-corrected chi connectivity index (χ1v) is 8.11. The molecular formula is C9H15ClN2O2S2. The number of nitrogens with one attached hydrogen (secondary N) is 1. The van der Waals surface area contributed by atoms with Crippen LogP contribution < -0.4 is 4.72 Å². The number of hydrogen-bond donors (Lipinski definition) is 1. The lowest BCUT2D eigenvalue weighted by Crippen LogP contribution is -2.30. The minimum absolute atomic E-state index is 0.0678. The minimum Gasteiger partial charge on any atom is -0.248 e. The SMILES string of the molecule is CCC(NS(=O)(=O)CCCCl)c1nccs1. The summed E-state index contributed by atoms with van der Waals surface area (Å²) in [5.74, 6) is 0.424. The van der Waals surface area contributed by atoms with Crippen LogP contribution in [-0.2, 0) is 10.0 Å². The summed E-state index contributed by atoms with van der Waals surface area (Å²) in [6.07, 6.45) is 2.83. The molecule has 92 valence electrons. The Kier molecular flexibility index (Phi) is 5.68. The molecule has 0 radical (unpaired) electrons. The second kappa shape index (κ2) is 6.54. The topological polar surface area (TPSA) is 59.1 Å². The van der Waals surface area contributed by atoms with Crippen LogP contribution in [0.4, 0.5) is 0 Å². The van der Waals surface area contributed by atoms with Crippen LogP contribution in [0.1, 0.15) is 30.8 Å². The summed E-state index contributed by atoms with van der Waals surface area (Å²) in [4.78, 5) is 4.12. The standard InChI is InChI=1S/C9H15ClN2O2S2/c1-2-8(9-11-5-6-15-9)12-16(13,14)7-3-4-10/h5-6,8,12H,2-4,7H2,1H3. The zero-order valence-corrected chi connectivity index (χ0v) is 11.4. The highest BCUT2D eigenvalue weighted by molar-refractivity contribution is 7.89. The summed E-state index contributed by atoms with van der Waals surface area (Å²) in [6.45, 7) is 1.93. The van der Waals surface area contributed by atoms with Crippen molar-refractivity contribution in [3.63, 3.8) is 0 Å². The Morgan fingerprint density at radius 3 is 2.88 bits per heavy atom. The quantitative estimate of drug-likeness (QED) is 0.780. The maximum Gasteiger partial charge on any atom is 0.212 e. The van der Waals surface area contributed by atoms with Crippen LogP contribution in [0.5, 0.6) is 0 Å². The third-order valence-corrected chi connectivity index (χ3v) is 4.65. The summed E-state index contributed by atoms with van der Waals surface area (Å²) in [5.41, 5.74) is 0. The van der Waals surface area contributed by atoms with Gasteiger partial charge in [-0.3, -0.25) is 0 Å². The fourth-order valence-electron chi connectivity index (χ4n) is 1.24. The minimum atomic E-state index is -3.25. The molecule has 1 rings (SSSR count). The molecule has 1 unspecified atom stereocenters. The van der Waals surface area contributed by atoms with E-state index >= 15 is 0 Å². The molecule has 0 bridgehead atoms. The molecule has 1 aromatic heterocycles. The lowest BCUT2D eigenvalue weighted by atomic mass is 10.3. The number of sulfonamides is 1. The number of alkyl halides is 1. The molecule has 1 heterocycles. The number of hydrogen-bond acceptors (Lipinski definition) is 4.